The highest BCUT2D eigenvalue weighted by Gasteiger charge is 2.39. The number of aromatic nitrogens is 3. The van der Waals surface area contributed by atoms with Crippen molar-refractivity contribution in [3.63, 3.8) is 0 Å². The fourth-order valence-corrected chi connectivity index (χ4v) is 9.11. The van der Waals surface area contributed by atoms with Gasteiger partial charge >= 0.3 is 0 Å². The lowest BCUT2D eigenvalue weighted by Gasteiger charge is -2.39. The molecule has 13 nitrogen and oxygen atoms in total. The van der Waals surface area contributed by atoms with E-state index in [2.05, 4.69) is 49.1 Å². The molecular weight excluding hydrogens is 611 g/mol. The van der Waals surface area contributed by atoms with Gasteiger partial charge in [-0.1, -0.05) is 20.8 Å². The van der Waals surface area contributed by atoms with E-state index in [-0.39, 0.29) is 41.4 Å². The zero-order valence-corrected chi connectivity index (χ0v) is 28.7. The molecule has 2 aromatic heterocycles. The minimum atomic E-state index is -3.66. The minimum absolute atomic E-state index is 0.0164. The van der Waals surface area contributed by atoms with Crippen molar-refractivity contribution in [3.8, 4) is 0 Å². The topological polar surface area (TPSA) is 170 Å². The molecule has 0 amide bonds. The maximum atomic E-state index is 13.4. The van der Waals surface area contributed by atoms with Crippen LogP contribution < -0.4 is 16.6 Å². The van der Waals surface area contributed by atoms with Gasteiger partial charge in [-0.2, -0.15) is 4.98 Å². The van der Waals surface area contributed by atoms with E-state index < -0.39 is 40.3 Å². The number of nitrogens with one attached hydrogen (secondary N) is 1. The second kappa shape index (κ2) is 12.8. The molecular formula is C27H47N7O6S2Si. The summed E-state index contributed by atoms with van der Waals surface area (Å²) in [7, 11) is -9.18. The summed E-state index contributed by atoms with van der Waals surface area (Å²) in [6.45, 7) is 12.5. The second-order valence-electron chi connectivity index (χ2n) is 13.3. The van der Waals surface area contributed by atoms with Crippen molar-refractivity contribution in [1.82, 2.24) is 23.1 Å². The first-order chi connectivity index (χ1) is 19.9. The summed E-state index contributed by atoms with van der Waals surface area (Å²) >= 11 is 0. The molecule has 0 aromatic carbocycles. The van der Waals surface area contributed by atoms with E-state index in [9.17, 15) is 21.6 Å². The van der Waals surface area contributed by atoms with Crippen LogP contribution in [0.25, 0.3) is 11.0 Å². The third kappa shape index (κ3) is 8.21. The molecule has 2 fully saturated rings. The highest BCUT2D eigenvalue weighted by Crippen LogP contribution is 2.36. The van der Waals surface area contributed by atoms with Gasteiger partial charge in [0.1, 0.15) is 5.65 Å². The predicted octanol–water partition coefficient (Wildman–Crippen LogP) is 1.63. The lowest BCUT2D eigenvalue weighted by molar-refractivity contribution is 0.257. The lowest BCUT2D eigenvalue weighted by atomic mass is 9.95. The molecule has 0 radical (unpaired) electrons. The maximum Gasteiger partial charge on any atom is 0.252 e. The number of hydrogen-bond donors (Lipinski definition) is 2. The first kappa shape index (κ1) is 33.9. The molecule has 2 aliphatic heterocycles. The Morgan fingerprint density at radius 1 is 1.07 bits per heavy atom. The van der Waals surface area contributed by atoms with Crippen LogP contribution in [0.4, 0.5) is 5.95 Å². The first-order valence-electron chi connectivity index (χ1n) is 14.8. The van der Waals surface area contributed by atoms with Gasteiger partial charge in [0.05, 0.1) is 18.6 Å². The Labute approximate surface area is 256 Å². The largest absolute Gasteiger partial charge is 0.415 e. The van der Waals surface area contributed by atoms with E-state index in [0.29, 0.717) is 56.5 Å². The molecule has 43 heavy (non-hydrogen) atoms. The summed E-state index contributed by atoms with van der Waals surface area (Å²) in [6.07, 6.45) is 4.33. The lowest BCUT2D eigenvalue weighted by Crippen LogP contribution is -2.52. The number of piperidine rings is 2. The standard InChI is InChI=1S/C27H47N7O6S2Si/c1-27(2,3)43(5,6)40-16-15-34-24(35)8-7-20-17-29-26(31-25(20)34)30-23-11-14-33(41(4,36)37)18-21(23)19-42(38,39)32-12-9-22(28)10-13-32/h7-8,17,21-23H,9-16,18-19,28H2,1-6H3,(H,29,30,31). The van der Waals surface area contributed by atoms with Crippen LogP contribution in [-0.2, 0) is 31.0 Å². The zero-order chi connectivity index (χ0) is 31.8. The molecule has 2 aromatic rings. The SMILES string of the molecule is CC(C)(C)[Si](C)(C)OCCn1c(=O)ccc2cnc(NC3CCN(S(C)(=O)=O)CC3CS(=O)(=O)N3CCC(N)CC3)nc21. The fraction of sp³-hybridized carbons (Fsp3) is 0.741. The summed E-state index contributed by atoms with van der Waals surface area (Å²) in [5.41, 5.74) is 6.22. The molecule has 4 heterocycles. The Balaban J connectivity index is 1.57. The Bertz CT molecular complexity index is 1570. The molecule has 0 aliphatic carbocycles. The average Bonchev–Trinajstić information content (AvgIpc) is 2.90. The number of nitrogens with two attached hydrogens (primary N) is 1. The van der Waals surface area contributed by atoms with Crippen LogP contribution in [-0.4, -0.2) is 105 Å². The zero-order valence-electron chi connectivity index (χ0n) is 26.1. The highest BCUT2D eigenvalue weighted by molar-refractivity contribution is 7.89. The van der Waals surface area contributed by atoms with Crippen LogP contribution in [0.1, 0.15) is 40.0 Å². The summed E-state index contributed by atoms with van der Waals surface area (Å²) in [4.78, 5) is 22.0. The Hall–Kier alpha value is -1.95. The number of pyridine rings is 1. The van der Waals surface area contributed by atoms with Gasteiger partial charge < -0.3 is 15.5 Å². The van der Waals surface area contributed by atoms with E-state index in [1.165, 1.54) is 14.7 Å². The molecule has 4 rings (SSSR count). The van der Waals surface area contributed by atoms with Crippen molar-refractivity contribution < 1.29 is 21.3 Å². The first-order valence-corrected chi connectivity index (χ1v) is 21.2. The van der Waals surface area contributed by atoms with Gasteiger partial charge in [-0.25, -0.2) is 30.4 Å². The summed E-state index contributed by atoms with van der Waals surface area (Å²) in [5, 5.41) is 4.01. The minimum Gasteiger partial charge on any atom is -0.415 e. The molecule has 3 N–H and O–H groups in total. The Morgan fingerprint density at radius 2 is 1.72 bits per heavy atom. The smallest absolute Gasteiger partial charge is 0.252 e. The molecule has 2 aliphatic rings. The monoisotopic (exact) mass is 657 g/mol. The molecule has 0 saturated carbocycles. The number of rotatable bonds is 10. The highest BCUT2D eigenvalue weighted by atomic mass is 32.2. The van der Waals surface area contributed by atoms with Crippen molar-refractivity contribution in [3.05, 3.63) is 28.7 Å². The van der Waals surface area contributed by atoms with Crippen LogP contribution in [0.15, 0.2) is 23.1 Å². The summed E-state index contributed by atoms with van der Waals surface area (Å²) < 4.78 is 62.3. The average molecular weight is 658 g/mol. The molecule has 242 valence electrons. The van der Waals surface area contributed by atoms with Crippen molar-refractivity contribution in [2.24, 2.45) is 11.7 Å². The van der Waals surface area contributed by atoms with Gasteiger partial charge in [0, 0.05) is 68.4 Å². The second-order valence-corrected chi connectivity index (χ2v) is 22.1. The van der Waals surface area contributed by atoms with Crippen molar-refractivity contribution >= 4 is 45.3 Å². The number of fused-ring (bicyclic) bond motifs is 1. The third-order valence-corrected chi connectivity index (χ3v) is 16.9. The number of hydrogen-bond acceptors (Lipinski definition) is 10. The molecule has 2 atom stereocenters. The predicted molar refractivity (Wildman–Crippen MR) is 171 cm³/mol. The third-order valence-electron chi connectivity index (χ3n) is 9.10. The molecule has 0 spiro atoms. The molecule has 0 bridgehead atoms. The van der Waals surface area contributed by atoms with E-state index >= 15 is 0 Å². The molecule has 16 heteroatoms. The van der Waals surface area contributed by atoms with Crippen LogP contribution in [0, 0.1) is 5.92 Å². The van der Waals surface area contributed by atoms with Crippen LogP contribution in [0.5, 0.6) is 0 Å². The normalized spacial score (nSPS) is 22.2. The van der Waals surface area contributed by atoms with Crippen molar-refractivity contribution in [2.75, 3.05) is 50.1 Å². The number of sulfonamides is 2. The van der Waals surface area contributed by atoms with Gasteiger partial charge in [0.2, 0.25) is 26.0 Å². The van der Waals surface area contributed by atoms with Gasteiger partial charge in [0.15, 0.2) is 8.32 Å². The van der Waals surface area contributed by atoms with Crippen molar-refractivity contribution in [1.29, 1.82) is 0 Å². The molecule has 2 saturated heterocycles. The van der Waals surface area contributed by atoms with E-state index in [0.717, 1.165) is 6.26 Å². The van der Waals surface area contributed by atoms with Crippen LogP contribution in [0.3, 0.4) is 0 Å². The van der Waals surface area contributed by atoms with E-state index in [1.807, 2.05) is 0 Å². The fourth-order valence-electron chi connectivity index (χ4n) is 5.32. The number of anilines is 1. The van der Waals surface area contributed by atoms with Crippen molar-refractivity contribution in [2.45, 2.75) is 76.8 Å². The summed E-state index contributed by atoms with van der Waals surface area (Å²) in [6, 6.07) is 2.75. The number of nitrogens with zero attached hydrogens (tertiary/aromatic N) is 5. The van der Waals surface area contributed by atoms with Gasteiger partial charge in [-0.3, -0.25) is 9.36 Å². The van der Waals surface area contributed by atoms with Gasteiger partial charge in [-0.05, 0) is 43.5 Å². The van der Waals surface area contributed by atoms with Crippen LogP contribution >= 0.6 is 0 Å². The van der Waals surface area contributed by atoms with E-state index in [4.69, 9.17) is 10.2 Å². The Kier molecular flexibility index (Phi) is 10.1. The van der Waals surface area contributed by atoms with Gasteiger partial charge in [-0.15, -0.1) is 0 Å². The maximum absolute atomic E-state index is 13.4. The Morgan fingerprint density at radius 3 is 2.35 bits per heavy atom. The summed E-state index contributed by atoms with van der Waals surface area (Å²) in [5.74, 6) is -0.504. The van der Waals surface area contributed by atoms with E-state index in [1.54, 1.807) is 16.8 Å². The van der Waals surface area contributed by atoms with Gasteiger partial charge in [0.25, 0.3) is 5.56 Å². The van der Waals surface area contributed by atoms with Crippen LogP contribution in [0.2, 0.25) is 18.1 Å². The molecule has 2 unspecified atom stereocenters. The quantitative estimate of drug-likeness (QED) is 0.358.